The number of aliphatic hydroxyl groups excluding tert-OH is 2. The maximum atomic E-state index is 12.7. The summed E-state index contributed by atoms with van der Waals surface area (Å²) >= 11 is 0. The number of nitrogens with one attached hydrogen (secondary N) is 1. The molecule has 0 spiro atoms. The maximum absolute atomic E-state index is 12.7. The molecule has 0 aliphatic carbocycles. The monoisotopic (exact) mass is 443 g/mol. The molecular weight excluding hydrogens is 418 g/mol. The molecule has 170 valence electrons. The number of nitrogen functional groups attached to an aromatic ring is 1. The summed E-state index contributed by atoms with van der Waals surface area (Å²) in [4.78, 5) is 24.9. The van der Waals surface area contributed by atoms with Crippen LogP contribution >= 0.6 is 0 Å². The topological polar surface area (TPSA) is 184 Å². The zero-order valence-corrected chi connectivity index (χ0v) is 17.3. The molecule has 2 aromatic heterocycles. The zero-order valence-electron chi connectivity index (χ0n) is 17.3. The summed E-state index contributed by atoms with van der Waals surface area (Å²) in [5, 5.41) is 23.4. The molecule has 4 rings (SSSR count). The molecule has 1 aliphatic rings. The van der Waals surface area contributed by atoms with Crippen molar-refractivity contribution in [2.45, 2.75) is 36.9 Å². The fourth-order valence-corrected chi connectivity index (χ4v) is 3.74. The Morgan fingerprint density at radius 1 is 1.31 bits per heavy atom. The molecule has 0 bridgehead atoms. The molecule has 5 atom stereocenters. The summed E-state index contributed by atoms with van der Waals surface area (Å²) in [5.74, 6) is 0.415. The number of aliphatic hydroxyl groups is 2. The fourth-order valence-electron chi connectivity index (χ4n) is 3.74. The molecular formula is C20H25N7O5. The van der Waals surface area contributed by atoms with Crippen LogP contribution in [0.25, 0.3) is 11.2 Å². The molecule has 12 heteroatoms. The Labute approximate surface area is 183 Å². The van der Waals surface area contributed by atoms with E-state index in [1.165, 1.54) is 17.2 Å². The first-order chi connectivity index (χ1) is 15.4. The highest BCUT2D eigenvalue weighted by Crippen LogP contribution is 2.32. The number of nitrogens with two attached hydrogens (primary N) is 2. The van der Waals surface area contributed by atoms with Gasteiger partial charge in [0.2, 0.25) is 5.91 Å². The highest BCUT2D eigenvalue weighted by atomic mass is 16.5. The van der Waals surface area contributed by atoms with Gasteiger partial charge in [-0.1, -0.05) is 12.1 Å². The van der Waals surface area contributed by atoms with Crippen LogP contribution in [0.3, 0.4) is 0 Å². The summed E-state index contributed by atoms with van der Waals surface area (Å²) < 4.78 is 12.4. The number of methoxy groups -OCH3 is 1. The van der Waals surface area contributed by atoms with E-state index in [-0.39, 0.29) is 12.2 Å². The molecule has 1 fully saturated rings. The molecule has 1 saturated heterocycles. The van der Waals surface area contributed by atoms with Crippen molar-refractivity contribution in [3.8, 4) is 5.75 Å². The normalized spacial score (nSPS) is 23.9. The number of hydrogen-bond acceptors (Lipinski definition) is 10. The lowest BCUT2D eigenvalue weighted by Crippen LogP contribution is -2.53. The molecule has 7 N–H and O–H groups in total. The molecule has 0 saturated carbocycles. The second-order valence-electron chi connectivity index (χ2n) is 7.51. The number of carbonyl (C=O) groups is 1. The first-order valence-corrected chi connectivity index (χ1v) is 9.99. The van der Waals surface area contributed by atoms with Gasteiger partial charge in [0.1, 0.15) is 29.8 Å². The van der Waals surface area contributed by atoms with Crippen molar-refractivity contribution >= 4 is 22.9 Å². The molecule has 12 nitrogen and oxygen atoms in total. The van der Waals surface area contributed by atoms with E-state index in [1.807, 2.05) is 12.1 Å². The van der Waals surface area contributed by atoms with Crippen LogP contribution in [0.1, 0.15) is 11.8 Å². The third-order valence-corrected chi connectivity index (χ3v) is 5.48. The largest absolute Gasteiger partial charge is 0.497 e. The lowest BCUT2D eigenvalue weighted by atomic mass is 10.0. The van der Waals surface area contributed by atoms with Crippen molar-refractivity contribution in [2.75, 3.05) is 19.5 Å². The van der Waals surface area contributed by atoms with Gasteiger partial charge in [0.25, 0.3) is 0 Å². The maximum Gasteiger partial charge on any atom is 0.237 e. The van der Waals surface area contributed by atoms with Crippen molar-refractivity contribution in [1.29, 1.82) is 0 Å². The van der Waals surface area contributed by atoms with Gasteiger partial charge in [0.05, 0.1) is 32.1 Å². The van der Waals surface area contributed by atoms with Gasteiger partial charge >= 0.3 is 0 Å². The number of aromatic nitrogens is 4. The van der Waals surface area contributed by atoms with E-state index >= 15 is 0 Å². The van der Waals surface area contributed by atoms with Gasteiger partial charge in [0, 0.05) is 0 Å². The summed E-state index contributed by atoms with van der Waals surface area (Å²) in [6.07, 6.45) is -0.0265. The van der Waals surface area contributed by atoms with E-state index in [0.29, 0.717) is 16.9 Å². The van der Waals surface area contributed by atoms with Crippen LogP contribution in [0.5, 0.6) is 5.75 Å². The Hall–Kier alpha value is -3.32. The fraction of sp³-hybridized carbons (Fsp3) is 0.400. The predicted octanol–water partition coefficient (Wildman–Crippen LogP) is -1.28. The standard InChI is InChI=1S/C20H25N7O5/c1-31-11-4-2-10(3-5-11)6-12(21)19(30)26-14-13(7-28)32-20(16(14)29)27-9-25-15-17(22)23-8-24-18(15)27/h2-5,8-9,12-14,16,20,28-29H,6-7,21H2,1H3,(H,26,30)(H2,22,23,24)/t12-,13+,14?,16?,20+/m0/s1. The van der Waals surface area contributed by atoms with Crippen molar-refractivity contribution in [3.63, 3.8) is 0 Å². The van der Waals surface area contributed by atoms with Gasteiger partial charge in [-0.25, -0.2) is 15.0 Å². The van der Waals surface area contributed by atoms with E-state index < -0.39 is 43.0 Å². The molecule has 3 aromatic rings. The molecule has 2 unspecified atom stereocenters. The number of anilines is 1. The highest BCUT2D eigenvalue weighted by molar-refractivity contribution is 5.82. The number of amides is 1. The van der Waals surface area contributed by atoms with E-state index in [1.54, 1.807) is 19.2 Å². The number of hydrogen-bond donors (Lipinski definition) is 5. The van der Waals surface area contributed by atoms with Crippen molar-refractivity contribution in [1.82, 2.24) is 24.8 Å². The van der Waals surface area contributed by atoms with E-state index in [2.05, 4.69) is 20.3 Å². The van der Waals surface area contributed by atoms with Crippen molar-refractivity contribution in [3.05, 3.63) is 42.5 Å². The summed E-state index contributed by atoms with van der Waals surface area (Å²) in [7, 11) is 1.57. The lowest BCUT2D eigenvalue weighted by molar-refractivity contribution is -0.124. The third kappa shape index (κ3) is 4.08. The van der Waals surface area contributed by atoms with Crippen LogP contribution < -0.4 is 21.5 Å². The van der Waals surface area contributed by atoms with Gasteiger partial charge in [0.15, 0.2) is 17.7 Å². The third-order valence-electron chi connectivity index (χ3n) is 5.48. The molecule has 1 amide bonds. The zero-order chi connectivity index (χ0) is 22.8. The second-order valence-corrected chi connectivity index (χ2v) is 7.51. The number of imidazole rings is 1. The number of carbonyl (C=O) groups excluding carboxylic acids is 1. The van der Waals surface area contributed by atoms with Gasteiger partial charge in [-0.05, 0) is 24.1 Å². The van der Waals surface area contributed by atoms with Crippen LogP contribution in [0.2, 0.25) is 0 Å². The quantitative estimate of drug-likeness (QED) is 0.295. The Morgan fingerprint density at radius 2 is 2.06 bits per heavy atom. The Morgan fingerprint density at radius 3 is 2.75 bits per heavy atom. The van der Waals surface area contributed by atoms with Crippen LogP contribution in [-0.4, -0.2) is 73.6 Å². The summed E-state index contributed by atoms with van der Waals surface area (Å²) in [5.41, 5.74) is 13.5. The van der Waals surface area contributed by atoms with Gasteiger partial charge < -0.3 is 36.5 Å². The number of ether oxygens (including phenoxy) is 2. The van der Waals surface area contributed by atoms with Gasteiger partial charge in [-0.15, -0.1) is 0 Å². The number of nitrogens with zero attached hydrogens (tertiary/aromatic N) is 4. The molecule has 0 radical (unpaired) electrons. The average Bonchev–Trinajstić information content (AvgIpc) is 3.36. The van der Waals surface area contributed by atoms with E-state index in [9.17, 15) is 15.0 Å². The minimum atomic E-state index is -1.20. The minimum Gasteiger partial charge on any atom is -0.497 e. The molecule has 3 heterocycles. The van der Waals surface area contributed by atoms with Crippen LogP contribution in [0.4, 0.5) is 5.82 Å². The van der Waals surface area contributed by atoms with Crippen molar-refractivity contribution < 1.29 is 24.5 Å². The van der Waals surface area contributed by atoms with Gasteiger partial charge in [-0.3, -0.25) is 9.36 Å². The van der Waals surface area contributed by atoms with Crippen LogP contribution in [-0.2, 0) is 16.0 Å². The predicted molar refractivity (Wildman–Crippen MR) is 113 cm³/mol. The molecule has 32 heavy (non-hydrogen) atoms. The number of benzene rings is 1. The van der Waals surface area contributed by atoms with E-state index in [4.69, 9.17) is 20.9 Å². The number of fused-ring (bicyclic) bond motifs is 1. The second kappa shape index (κ2) is 9.04. The first kappa shape index (κ1) is 21.9. The lowest BCUT2D eigenvalue weighted by Gasteiger charge is -2.23. The first-order valence-electron chi connectivity index (χ1n) is 9.99. The Balaban J connectivity index is 1.47. The summed E-state index contributed by atoms with van der Waals surface area (Å²) in [6.45, 7) is -0.421. The highest BCUT2D eigenvalue weighted by Gasteiger charge is 2.46. The van der Waals surface area contributed by atoms with Crippen LogP contribution in [0, 0.1) is 0 Å². The minimum absolute atomic E-state index is 0.189. The van der Waals surface area contributed by atoms with Gasteiger partial charge in [-0.2, -0.15) is 0 Å². The SMILES string of the molecule is COc1ccc(C[C@H](N)C(=O)NC2C(O)[C@H](n3cnc4c(N)ncnc43)O[C@@H]2CO)cc1. The summed E-state index contributed by atoms with van der Waals surface area (Å²) in [6, 6.07) is 5.46. The smallest absolute Gasteiger partial charge is 0.237 e. The number of rotatable bonds is 7. The van der Waals surface area contributed by atoms with Crippen LogP contribution in [0.15, 0.2) is 36.9 Å². The Bertz CT molecular complexity index is 1090. The molecule has 1 aliphatic heterocycles. The van der Waals surface area contributed by atoms with E-state index in [0.717, 1.165) is 5.56 Å². The average molecular weight is 443 g/mol. The Kier molecular flexibility index (Phi) is 6.19. The molecule has 1 aromatic carbocycles. The van der Waals surface area contributed by atoms with Crippen molar-refractivity contribution in [2.24, 2.45) is 5.73 Å².